The van der Waals surface area contributed by atoms with Crippen LogP contribution in [-0.4, -0.2) is 37.2 Å². The predicted molar refractivity (Wildman–Crippen MR) is 104 cm³/mol. The van der Waals surface area contributed by atoms with Gasteiger partial charge in [-0.1, -0.05) is 36.4 Å². The molecule has 3 heterocycles. The Hall–Kier alpha value is -1.85. The molecule has 2 fully saturated rings. The molecule has 1 spiro atoms. The number of rotatable bonds is 3. The van der Waals surface area contributed by atoms with E-state index in [0.717, 1.165) is 57.6 Å². The van der Waals surface area contributed by atoms with Gasteiger partial charge < -0.3 is 15.0 Å². The Morgan fingerprint density at radius 3 is 2.42 bits per heavy atom. The van der Waals surface area contributed by atoms with E-state index in [9.17, 15) is 4.79 Å². The minimum Gasteiger partial charge on any atom is -0.381 e. The Labute approximate surface area is 159 Å². The molecule has 0 radical (unpaired) electrons. The summed E-state index contributed by atoms with van der Waals surface area (Å²) in [7, 11) is 0. The lowest BCUT2D eigenvalue weighted by molar-refractivity contribution is -0.0146. The summed E-state index contributed by atoms with van der Waals surface area (Å²) in [6, 6.07) is 14.3. The number of likely N-dealkylation sites (tertiary alicyclic amines) is 1. The number of ether oxygens (including phenoxy) is 1. The number of hydrogen-bond acceptors (Lipinski definition) is 3. The highest BCUT2D eigenvalue weighted by Crippen LogP contribution is 2.40. The van der Waals surface area contributed by atoms with Crippen molar-refractivity contribution in [2.24, 2.45) is 5.41 Å². The van der Waals surface area contributed by atoms with Crippen molar-refractivity contribution >= 4 is 17.4 Å². The summed E-state index contributed by atoms with van der Waals surface area (Å²) in [6.45, 7) is 3.44. The van der Waals surface area contributed by atoms with Crippen LogP contribution >= 0.6 is 11.3 Å². The van der Waals surface area contributed by atoms with Gasteiger partial charge in [0.2, 0.25) is 0 Å². The maximum atomic E-state index is 12.9. The fraction of sp³-hybridized carbons (Fsp3) is 0.476. The van der Waals surface area contributed by atoms with Gasteiger partial charge in [0, 0.05) is 31.2 Å². The first kappa shape index (κ1) is 17.6. The fourth-order valence-corrected chi connectivity index (χ4v) is 4.93. The van der Waals surface area contributed by atoms with Crippen LogP contribution in [0.5, 0.6) is 0 Å². The maximum Gasteiger partial charge on any atom is 0.318 e. The highest BCUT2D eigenvalue weighted by atomic mass is 32.1. The quantitative estimate of drug-likeness (QED) is 0.868. The van der Waals surface area contributed by atoms with Crippen molar-refractivity contribution in [2.45, 2.75) is 31.7 Å². The molecule has 0 unspecified atom stereocenters. The zero-order valence-corrected chi connectivity index (χ0v) is 15.8. The number of urea groups is 1. The van der Waals surface area contributed by atoms with Crippen LogP contribution < -0.4 is 5.32 Å². The van der Waals surface area contributed by atoms with E-state index in [1.807, 2.05) is 29.2 Å². The lowest BCUT2D eigenvalue weighted by Crippen LogP contribution is -2.49. The van der Waals surface area contributed by atoms with E-state index in [0.29, 0.717) is 5.41 Å². The molecule has 2 aromatic rings. The smallest absolute Gasteiger partial charge is 0.318 e. The molecule has 4 nitrogen and oxygen atoms in total. The molecule has 0 bridgehead atoms. The largest absolute Gasteiger partial charge is 0.381 e. The van der Waals surface area contributed by atoms with Gasteiger partial charge >= 0.3 is 6.03 Å². The van der Waals surface area contributed by atoms with Crippen LogP contribution in [0.15, 0.2) is 47.8 Å². The van der Waals surface area contributed by atoms with Gasteiger partial charge in [-0.3, -0.25) is 0 Å². The minimum atomic E-state index is -0.0809. The van der Waals surface area contributed by atoms with E-state index in [-0.39, 0.29) is 12.1 Å². The van der Waals surface area contributed by atoms with Gasteiger partial charge in [-0.2, -0.15) is 0 Å². The summed E-state index contributed by atoms with van der Waals surface area (Å²) in [6.07, 6.45) is 4.48. The Balaban J connectivity index is 1.43. The van der Waals surface area contributed by atoms with Crippen LogP contribution in [-0.2, 0) is 4.74 Å². The van der Waals surface area contributed by atoms with E-state index in [1.54, 1.807) is 11.3 Å². The molecule has 0 aliphatic carbocycles. The van der Waals surface area contributed by atoms with Crippen LogP contribution in [0.4, 0.5) is 4.79 Å². The van der Waals surface area contributed by atoms with Gasteiger partial charge in [0.15, 0.2) is 0 Å². The molecular weight excluding hydrogens is 344 g/mol. The van der Waals surface area contributed by atoms with Crippen molar-refractivity contribution in [3.63, 3.8) is 0 Å². The molecule has 1 N–H and O–H groups in total. The van der Waals surface area contributed by atoms with Crippen LogP contribution in [0, 0.1) is 5.41 Å². The molecule has 2 aliphatic rings. The number of benzene rings is 1. The number of nitrogens with one attached hydrogen (secondary N) is 1. The van der Waals surface area contributed by atoms with E-state index < -0.39 is 0 Å². The SMILES string of the molecule is O=C(N[C@@H](c1ccccc1)c1cccs1)N1CCC2(CCOCC2)CC1. The Morgan fingerprint density at radius 2 is 1.77 bits per heavy atom. The number of hydrogen-bond donors (Lipinski definition) is 1. The van der Waals surface area contributed by atoms with Gasteiger partial charge in [-0.25, -0.2) is 4.79 Å². The van der Waals surface area contributed by atoms with Gasteiger partial charge in [-0.15, -0.1) is 11.3 Å². The molecule has 1 aromatic carbocycles. The number of carbonyl (C=O) groups is 1. The first-order valence-electron chi connectivity index (χ1n) is 9.47. The zero-order chi connectivity index (χ0) is 17.8. The van der Waals surface area contributed by atoms with Gasteiger partial charge in [0.05, 0.1) is 6.04 Å². The molecule has 26 heavy (non-hydrogen) atoms. The first-order chi connectivity index (χ1) is 12.8. The monoisotopic (exact) mass is 370 g/mol. The number of thiophene rings is 1. The third kappa shape index (κ3) is 3.79. The second-order valence-electron chi connectivity index (χ2n) is 7.41. The van der Waals surface area contributed by atoms with E-state index in [2.05, 4.69) is 28.9 Å². The summed E-state index contributed by atoms with van der Waals surface area (Å²) in [5, 5.41) is 5.33. The number of carbonyl (C=O) groups excluding carboxylic acids is 1. The third-order valence-electron chi connectivity index (χ3n) is 5.89. The number of nitrogens with zero attached hydrogens (tertiary/aromatic N) is 1. The highest BCUT2D eigenvalue weighted by Gasteiger charge is 2.37. The molecule has 4 rings (SSSR count). The Morgan fingerprint density at radius 1 is 1.04 bits per heavy atom. The lowest BCUT2D eigenvalue weighted by atomic mass is 9.72. The van der Waals surface area contributed by atoms with Crippen molar-refractivity contribution in [2.75, 3.05) is 26.3 Å². The average molecular weight is 371 g/mol. The van der Waals surface area contributed by atoms with Crippen molar-refractivity contribution in [1.82, 2.24) is 10.2 Å². The average Bonchev–Trinajstić information content (AvgIpc) is 3.22. The molecule has 138 valence electrons. The fourth-order valence-electron chi connectivity index (χ4n) is 4.12. The maximum absolute atomic E-state index is 12.9. The van der Waals surface area contributed by atoms with Crippen molar-refractivity contribution in [3.05, 3.63) is 58.3 Å². The summed E-state index contributed by atoms with van der Waals surface area (Å²) < 4.78 is 5.52. The molecular formula is C21H26N2O2S. The Bertz CT molecular complexity index is 701. The summed E-state index contributed by atoms with van der Waals surface area (Å²) in [5.74, 6) is 0. The molecule has 2 saturated heterocycles. The molecule has 5 heteroatoms. The highest BCUT2D eigenvalue weighted by molar-refractivity contribution is 7.10. The molecule has 2 amide bonds. The molecule has 2 aliphatic heterocycles. The van der Waals surface area contributed by atoms with Gasteiger partial charge in [0.1, 0.15) is 0 Å². The van der Waals surface area contributed by atoms with Crippen molar-refractivity contribution in [1.29, 1.82) is 0 Å². The summed E-state index contributed by atoms with van der Waals surface area (Å²) >= 11 is 1.68. The zero-order valence-electron chi connectivity index (χ0n) is 15.0. The number of amides is 2. The second-order valence-corrected chi connectivity index (χ2v) is 8.39. The topological polar surface area (TPSA) is 41.6 Å². The van der Waals surface area contributed by atoms with E-state index in [4.69, 9.17) is 4.74 Å². The number of piperidine rings is 1. The van der Waals surface area contributed by atoms with Crippen LogP contribution in [0.1, 0.15) is 42.2 Å². The third-order valence-corrected chi connectivity index (χ3v) is 6.83. The summed E-state index contributed by atoms with van der Waals surface area (Å²) in [5.41, 5.74) is 1.53. The van der Waals surface area contributed by atoms with Crippen molar-refractivity contribution < 1.29 is 9.53 Å². The van der Waals surface area contributed by atoms with E-state index >= 15 is 0 Å². The lowest BCUT2D eigenvalue weighted by Gasteiger charge is -2.44. The van der Waals surface area contributed by atoms with Crippen LogP contribution in [0.25, 0.3) is 0 Å². The normalized spacial score (nSPS) is 20.7. The summed E-state index contributed by atoms with van der Waals surface area (Å²) in [4.78, 5) is 16.1. The Kier molecular flexibility index (Phi) is 5.27. The van der Waals surface area contributed by atoms with Crippen molar-refractivity contribution in [3.8, 4) is 0 Å². The molecule has 0 saturated carbocycles. The molecule has 1 aromatic heterocycles. The second kappa shape index (κ2) is 7.80. The molecule has 1 atom stereocenters. The van der Waals surface area contributed by atoms with Crippen LogP contribution in [0.2, 0.25) is 0 Å². The minimum absolute atomic E-state index is 0.0502. The first-order valence-corrected chi connectivity index (χ1v) is 10.4. The van der Waals surface area contributed by atoms with Gasteiger partial charge in [0.25, 0.3) is 0 Å². The van der Waals surface area contributed by atoms with Crippen LogP contribution in [0.3, 0.4) is 0 Å². The standard InChI is InChI=1S/C21H26N2O2S/c24-20(23-12-8-21(9-13-23)10-14-25-15-11-21)22-19(18-7-4-16-26-18)17-5-2-1-3-6-17/h1-7,16,19H,8-15H2,(H,22,24)/t19-/m0/s1. The van der Waals surface area contributed by atoms with Gasteiger partial charge in [-0.05, 0) is 48.1 Å². The predicted octanol–water partition coefficient (Wildman–Crippen LogP) is 4.44. The van der Waals surface area contributed by atoms with E-state index in [1.165, 1.54) is 4.88 Å².